The summed E-state index contributed by atoms with van der Waals surface area (Å²) in [7, 11) is 0. The molecule has 19 heavy (non-hydrogen) atoms. The van der Waals surface area contributed by atoms with Crippen molar-refractivity contribution in [3.8, 4) is 0 Å². The molecule has 2 aromatic rings. The Morgan fingerprint density at radius 1 is 1.42 bits per heavy atom. The highest BCUT2D eigenvalue weighted by atomic mass is 35.5. The highest BCUT2D eigenvalue weighted by Crippen LogP contribution is 2.18. The quantitative estimate of drug-likeness (QED) is 0.903. The first-order chi connectivity index (χ1) is 9.08. The van der Waals surface area contributed by atoms with E-state index in [4.69, 9.17) is 16.7 Å². The Morgan fingerprint density at radius 2 is 2.21 bits per heavy atom. The predicted octanol–water partition coefficient (Wildman–Crippen LogP) is 3.18. The summed E-state index contributed by atoms with van der Waals surface area (Å²) in [6, 6.07) is 7.31. The molecule has 0 saturated heterocycles. The lowest BCUT2D eigenvalue weighted by molar-refractivity contribution is 0.0697. The highest BCUT2D eigenvalue weighted by Gasteiger charge is 2.10. The number of nitrogens with one attached hydrogen (secondary N) is 1. The Labute approximate surface area is 113 Å². The van der Waals surface area contributed by atoms with Crippen LogP contribution in [0.1, 0.15) is 15.9 Å². The minimum Gasteiger partial charge on any atom is -0.478 e. The van der Waals surface area contributed by atoms with Gasteiger partial charge in [-0.05, 0) is 29.8 Å². The Morgan fingerprint density at radius 3 is 2.89 bits per heavy atom. The molecule has 4 nitrogen and oxygen atoms in total. The molecular weight excluding hydrogens is 271 g/mol. The number of anilines is 1. The zero-order valence-corrected chi connectivity index (χ0v) is 10.5. The number of nitrogens with zero attached hydrogens (tertiary/aromatic N) is 1. The molecule has 1 aromatic carbocycles. The van der Waals surface area contributed by atoms with E-state index in [1.165, 1.54) is 24.4 Å². The van der Waals surface area contributed by atoms with Gasteiger partial charge >= 0.3 is 5.97 Å². The number of halogens is 2. The first kappa shape index (κ1) is 13.3. The van der Waals surface area contributed by atoms with E-state index < -0.39 is 11.8 Å². The lowest BCUT2D eigenvalue weighted by atomic mass is 10.2. The van der Waals surface area contributed by atoms with Crippen molar-refractivity contribution < 1.29 is 14.3 Å². The van der Waals surface area contributed by atoms with Gasteiger partial charge in [0.1, 0.15) is 17.2 Å². The topological polar surface area (TPSA) is 62.2 Å². The zero-order valence-electron chi connectivity index (χ0n) is 9.73. The number of aromatic carboxylic acids is 1. The second kappa shape index (κ2) is 5.67. The van der Waals surface area contributed by atoms with Crippen molar-refractivity contribution in [1.29, 1.82) is 0 Å². The van der Waals surface area contributed by atoms with Crippen LogP contribution in [0.25, 0.3) is 0 Å². The first-order valence-corrected chi connectivity index (χ1v) is 5.82. The summed E-state index contributed by atoms with van der Waals surface area (Å²) in [5.74, 6) is -1.29. The predicted molar refractivity (Wildman–Crippen MR) is 69.9 cm³/mol. The Balaban J connectivity index is 2.14. The molecule has 98 valence electrons. The molecule has 0 bridgehead atoms. The number of aromatic nitrogens is 1. The smallest absolute Gasteiger partial charge is 0.339 e. The second-order valence-electron chi connectivity index (χ2n) is 3.81. The molecule has 0 unspecified atom stereocenters. The van der Waals surface area contributed by atoms with Crippen molar-refractivity contribution >= 4 is 23.4 Å². The number of benzene rings is 1. The molecule has 0 radical (unpaired) electrons. The molecule has 0 fully saturated rings. The van der Waals surface area contributed by atoms with E-state index >= 15 is 0 Å². The molecule has 0 atom stereocenters. The average molecular weight is 281 g/mol. The van der Waals surface area contributed by atoms with E-state index in [0.717, 1.165) is 5.56 Å². The van der Waals surface area contributed by atoms with Crippen LogP contribution in [0.15, 0.2) is 36.5 Å². The number of carboxylic acids is 1. The van der Waals surface area contributed by atoms with Crippen molar-refractivity contribution in [1.82, 2.24) is 4.98 Å². The van der Waals surface area contributed by atoms with E-state index in [-0.39, 0.29) is 16.4 Å². The van der Waals surface area contributed by atoms with E-state index in [0.29, 0.717) is 6.54 Å². The van der Waals surface area contributed by atoms with Crippen LogP contribution in [0.4, 0.5) is 10.2 Å². The van der Waals surface area contributed by atoms with Gasteiger partial charge in [0.05, 0.1) is 5.02 Å². The normalized spacial score (nSPS) is 10.2. The van der Waals surface area contributed by atoms with Gasteiger partial charge in [-0.2, -0.15) is 0 Å². The number of carbonyl (C=O) groups is 1. The van der Waals surface area contributed by atoms with Gasteiger partial charge in [-0.25, -0.2) is 14.2 Å². The summed E-state index contributed by atoms with van der Waals surface area (Å²) >= 11 is 5.66. The van der Waals surface area contributed by atoms with Crippen molar-refractivity contribution in [3.63, 3.8) is 0 Å². The van der Waals surface area contributed by atoms with Crippen LogP contribution < -0.4 is 5.32 Å². The third-order valence-electron chi connectivity index (χ3n) is 2.48. The summed E-state index contributed by atoms with van der Waals surface area (Å²) in [6.45, 7) is 0.303. The van der Waals surface area contributed by atoms with E-state index in [2.05, 4.69) is 10.3 Å². The Kier molecular flexibility index (Phi) is 3.97. The molecule has 0 spiro atoms. The van der Waals surface area contributed by atoms with Gasteiger partial charge in [0, 0.05) is 12.7 Å². The SMILES string of the molecule is O=C(O)c1cccnc1NCc1ccc(F)c(Cl)c1. The molecule has 1 aromatic heterocycles. The number of hydrogen-bond donors (Lipinski definition) is 2. The molecular formula is C13H10ClFN2O2. The number of hydrogen-bond acceptors (Lipinski definition) is 3. The van der Waals surface area contributed by atoms with Gasteiger partial charge in [-0.1, -0.05) is 17.7 Å². The third kappa shape index (κ3) is 3.20. The molecule has 1 heterocycles. The molecule has 0 aliphatic carbocycles. The van der Waals surface area contributed by atoms with Crippen molar-refractivity contribution in [3.05, 3.63) is 58.5 Å². The van der Waals surface area contributed by atoms with Crippen LogP contribution in [0.3, 0.4) is 0 Å². The highest BCUT2D eigenvalue weighted by molar-refractivity contribution is 6.30. The molecule has 0 saturated carbocycles. The molecule has 2 N–H and O–H groups in total. The average Bonchev–Trinajstić information content (AvgIpc) is 2.40. The summed E-state index contributed by atoms with van der Waals surface area (Å²) in [4.78, 5) is 14.9. The fourth-order valence-electron chi connectivity index (χ4n) is 1.55. The number of carboxylic acid groups (broad SMARTS) is 1. The van der Waals surface area contributed by atoms with Crippen LogP contribution in [0, 0.1) is 5.82 Å². The fourth-order valence-corrected chi connectivity index (χ4v) is 1.76. The number of rotatable bonds is 4. The van der Waals surface area contributed by atoms with Crippen LogP contribution in [0.5, 0.6) is 0 Å². The minimum atomic E-state index is -1.06. The van der Waals surface area contributed by atoms with Gasteiger partial charge < -0.3 is 10.4 Å². The third-order valence-corrected chi connectivity index (χ3v) is 2.77. The summed E-state index contributed by atoms with van der Waals surface area (Å²) in [5.41, 5.74) is 0.809. The van der Waals surface area contributed by atoms with Crippen molar-refractivity contribution in [2.75, 3.05) is 5.32 Å². The monoisotopic (exact) mass is 280 g/mol. The summed E-state index contributed by atoms with van der Waals surface area (Å²) in [5, 5.41) is 11.9. The van der Waals surface area contributed by atoms with Gasteiger partial charge in [0.15, 0.2) is 0 Å². The maximum atomic E-state index is 13.0. The lowest BCUT2D eigenvalue weighted by Crippen LogP contribution is -2.08. The molecule has 6 heteroatoms. The van der Waals surface area contributed by atoms with Gasteiger partial charge in [-0.15, -0.1) is 0 Å². The molecule has 2 rings (SSSR count). The Bertz CT molecular complexity index is 619. The van der Waals surface area contributed by atoms with E-state index in [9.17, 15) is 9.18 Å². The van der Waals surface area contributed by atoms with Gasteiger partial charge in [-0.3, -0.25) is 0 Å². The second-order valence-corrected chi connectivity index (χ2v) is 4.21. The van der Waals surface area contributed by atoms with Crippen LogP contribution in [-0.4, -0.2) is 16.1 Å². The minimum absolute atomic E-state index is 0.0266. The molecule has 0 aliphatic heterocycles. The number of pyridine rings is 1. The molecule has 0 amide bonds. The first-order valence-electron chi connectivity index (χ1n) is 5.44. The Hall–Kier alpha value is -2.14. The standard InChI is InChI=1S/C13H10ClFN2O2/c14-10-6-8(3-4-11(10)15)7-17-12-9(13(18)19)2-1-5-16-12/h1-6H,7H2,(H,16,17)(H,18,19). The van der Waals surface area contributed by atoms with Crippen molar-refractivity contribution in [2.45, 2.75) is 6.54 Å². The summed E-state index contributed by atoms with van der Waals surface area (Å²) < 4.78 is 13.0. The zero-order chi connectivity index (χ0) is 13.8. The van der Waals surface area contributed by atoms with Crippen LogP contribution in [0.2, 0.25) is 5.02 Å². The summed E-state index contributed by atoms with van der Waals surface area (Å²) in [6.07, 6.45) is 1.49. The van der Waals surface area contributed by atoms with Crippen LogP contribution in [-0.2, 0) is 6.54 Å². The van der Waals surface area contributed by atoms with E-state index in [1.807, 2.05) is 0 Å². The van der Waals surface area contributed by atoms with Gasteiger partial charge in [0.25, 0.3) is 0 Å². The molecule has 0 aliphatic rings. The van der Waals surface area contributed by atoms with Crippen LogP contribution >= 0.6 is 11.6 Å². The maximum Gasteiger partial charge on any atom is 0.339 e. The lowest BCUT2D eigenvalue weighted by Gasteiger charge is -2.08. The fraction of sp³-hybridized carbons (Fsp3) is 0.0769. The van der Waals surface area contributed by atoms with Crippen molar-refractivity contribution in [2.24, 2.45) is 0 Å². The largest absolute Gasteiger partial charge is 0.478 e. The van der Waals surface area contributed by atoms with Gasteiger partial charge in [0.2, 0.25) is 0 Å². The van der Waals surface area contributed by atoms with E-state index in [1.54, 1.807) is 12.1 Å². The maximum absolute atomic E-state index is 13.0.